The van der Waals surface area contributed by atoms with Gasteiger partial charge < -0.3 is 15.2 Å². The van der Waals surface area contributed by atoms with Crippen LogP contribution in [0.25, 0.3) is 0 Å². The Balaban J connectivity index is 1.92. The van der Waals surface area contributed by atoms with E-state index < -0.39 is 0 Å². The number of nitrogens with two attached hydrogens (primary N) is 1. The van der Waals surface area contributed by atoms with E-state index in [9.17, 15) is 0 Å². The van der Waals surface area contributed by atoms with Crippen molar-refractivity contribution in [3.05, 3.63) is 23.8 Å². The van der Waals surface area contributed by atoms with Gasteiger partial charge in [-0.15, -0.1) is 0 Å². The molecule has 1 atom stereocenters. The lowest BCUT2D eigenvalue weighted by atomic mass is 10.2. The Labute approximate surface area is 90.2 Å². The largest absolute Gasteiger partial charge is 0.491 e. The standard InChI is InChI=1S/C12H17NO2/c1-9-7-10(13)4-5-12(9)15-8-11-3-2-6-14-11/h4-5,7,11H,2-3,6,8,13H2,1H3. The molecule has 0 bridgehead atoms. The SMILES string of the molecule is Cc1cc(N)ccc1OCC1CCCO1. The molecule has 0 amide bonds. The van der Waals surface area contributed by atoms with Crippen LogP contribution in [-0.2, 0) is 4.74 Å². The topological polar surface area (TPSA) is 44.5 Å². The molecule has 1 aliphatic rings. The molecular weight excluding hydrogens is 190 g/mol. The van der Waals surface area contributed by atoms with E-state index in [0.717, 1.165) is 36.4 Å². The third kappa shape index (κ3) is 2.63. The number of rotatable bonds is 3. The molecule has 1 aromatic rings. The zero-order valence-electron chi connectivity index (χ0n) is 9.03. The van der Waals surface area contributed by atoms with Crippen LogP contribution >= 0.6 is 0 Å². The summed E-state index contributed by atoms with van der Waals surface area (Å²) in [6.07, 6.45) is 2.52. The fourth-order valence-electron chi connectivity index (χ4n) is 1.79. The third-order valence-electron chi connectivity index (χ3n) is 2.65. The van der Waals surface area contributed by atoms with E-state index in [0.29, 0.717) is 6.61 Å². The first-order chi connectivity index (χ1) is 7.25. The highest BCUT2D eigenvalue weighted by atomic mass is 16.5. The quantitative estimate of drug-likeness (QED) is 0.772. The van der Waals surface area contributed by atoms with Crippen molar-refractivity contribution in [1.82, 2.24) is 0 Å². The monoisotopic (exact) mass is 207 g/mol. The van der Waals surface area contributed by atoms with Crippen molar-refractivity contribution in [2.45, 2.75) is 25.9 Å². The molecule has 0 aromatic heterocycles. The molecule has 0 radical (unpaired) electrons. The van der Waals surface area contributed by atoms with Crippen LogP contribution in [0.1, 0.15) is 18.4 Å². The fourth-order valence-corrected chi connectivity index (χ4v) is 1.79. The third-order valence-corrected chi connectivity index (χ3v) is 2.65. The highest BCUT2D eigenvalue weighted by molar-refractivity contribution is 5.47. The summed E-state index contributed by atoms with van der Waals surface area (Å²) in [6.45, 7) is 3.51. The predicted octanol–water partition coefficient (Wildman–Crippen LogP) is 2.14. The van der Waals surface area contributed by atoms with Gasteiger partial charge in [-0.25, -0.2) is 0 Å². The first-order valence-corrected chi connectivity index (χ1v) is 5.36. The van der Waals surface area contributed by atoms with Crippen LogP contribution in [0.5, 0.6) is 5.75 Å². The Hall–Kier alpha value is -1.22. The zero-order valence-corrected chi connectivity index (χ0v) is 9.03. The van der Waals surface area contributed by atoms with E-state index in [2.05, 4.69) is 0 Å². The van der Waals surface area contributed by atoms with Crippen molar-refractivity contribution < 1.29 is 9.47 Å². The minimum atomic E-state index is 0.266. The fraction of sp³-hybridized carbons (Fsp3) is 0.500. The van der Waals surface area contributed by atoms with E-state index in [4.69, 9.17) is 15.2 Å². The van der Waals surface area contributed by atoms with Gasteiger partial charge in [0.15, 0.2) is 0 Å². The van der Waals surface area contributed by atoms with Crippen LogP contribution in [0.3, 0.4) is 0 Å². The Morgan fingerprint density at radius 2 is 2.40 bits per heavy atom. The van der Waals surface area contributed by atoms with Crippen LogP contribution in [0, 0.1) is 6.92 Å². The van der Waals surface area contributed by atoms with Crippen molar-refractivity contribution in [3.63, 3.8) is 0 Å². The number of hydrogen-bond donors (Lipinski definition) is 1. The van der Waals surface area contributed by atoms with Gasteiger partial charge >= 0.3 is 0 Å². The number of aryl methyl sites for hydroxylation is 1. The van der Waals surface area contributed by atoms with Crippen molar-refractivity contribution in [2.24, 2.45) is 0 Å². The number of anilines is 1. The van der Waals surface area contributed by atoms with Crippen LogP contribution in [0.15, 0.2) is 18.2 Å². The van der Waals surface area contributed by atoms with Crippen molar-refractivity contribution in [2.75, 3.05) is 18.9 Å². The lowest BCUT2D eigenvalue weighted by molar-refractivity contribution is 0.0677. The van der Waals surface area contributed by atoms with Gasteiger partial charge in [-0.05, 0) is 43.5 Å². The maximum Gasteiger partial charge on any atom is 0.122 e. The molecule has 3 nitrogen and oxygen atoms in total. The van der Waals surface area contributed by atoms with Crippen LogP contribution < -0.4 is 10.5 Å². The first-order valence-electron chi connectivity index (χ1n) is 5.36. The lowest BCUT2D eigenvalue weighted by Gasteiger charge is -2.13. The van der Waals surface area contributed by atoms with Crippen molar-refractivity contribution >= 4 is 5.69 Å². The van der Waals surface area contributed by atoms with Gasteiger partial charge in [0.05, 0.1) is 6.10 Å². The van der Waals surface area contributed by atoms with Gasteiger partial charge in [0.2, 0.25) is 0 Å². The molecule has 0 saturated carbocycles. The molecule has 2 rings (SSSR count). The molecule has 2 N–H and O–H groups in total. The highest BCUT2D eigenvalue weighted by Crippen LogP contribution is 2.21. The van der Waals surface area contributed by atoms with E-state index in [1.165, 1.54) is 0 Å². The summed E-state index contributed by atoms with van der Waals surface area (Å²) in [5.74, 6) is 0.903. The Morgan fingerprint density at radius 3 is 3.07 bits per heavy atom. The summed E-state index contributed by atoms with van der Waals surface area (Å²) in [5.41, 5.74) is 7.52. The maximum atomic E-state index is 5.70. The minimum absolute atomic E-state index is 0.266. The molecular formula is C12H17NO2. The molecule has 1 unspecified atom stereocenters. The molecule has 1 aliphatic heterocycles. The molecule has 82 valence electrons. The second-order valence-electron chi connectivity index (χ2n) is 3.97. The molecule has 1 heterocycles. The molecule has 1 saturated heterocycles. The van der Waals surface area contributed by atoms with Gasteiger partial charge in [-0.1, -0.05) is 0 Å². The lowest BCUT2D eigenvalue weighted by Crippen LogP contribution is -2.16. The summed E-state index contributed by atoms with van der Waals surface area (Å²) in [7, 11) is 0. The van der Waals surface area contributed by atoms with E-state index in [1.807, 2.05) is 25.1 Å². The minimum Gasteiger partial charge on any atom is -0.491 e. The molecule has 0 aliphatic carbocycles. The summed E-state index contributed by atoms with van der Waals surface area (Å²) in [4.78, 5) is 0. The van der Waals surface area contributed by atoms with Crippen molar-refractivity contribution in [3.8, 4) is 5.75 Å². The molecule has 15 heavy (non-hydrogen) atoms. The van der Waals surface area contributed by atoms with Crippen molar-refractivity contribution in [1.29, 1.82) is 0 Å². The highest BCUT2D eigenvalue weighted by Gasteiger charge is 2.16. The van der Waals surface area contributed by atoms with Gasteiger partial charge in [0.1, 0.15) is 12.4 Å². The smallest absolute Gasteiger partial charge is 0.122 e. The molecule has 1 aromatic carbocycles. The Kier molecular flexibility index (Phi) is 3.11. The normalized spacial score (nSPS) is 20.5. The number of hydrogen-bond acceptors (Lipinski definition) is 3. The average molecular weight is 207 g/mol. The average Bonchev–Trinajstić information content (AvgIpc) is 2.69. The summed E-state index contributed by atoms with van der Waals surface area (Å²) in [5, 5.41) is 0. The second-order valence-corrected chi connectivity index (χ2v) is 3.97. The van der Waals surface area contributed by atoms with Gasteiger partial charge in [-0.2, -0.15) is 0 Å². The summed E-state index contributed by atoms with van der Waals surface area (Å²) < 4.78 is 11.2. The predicted molar refractivity (Wildman–Crippen MR) is 60.1 cm³/mol. The van der Waals surface area contributed by atoms with Gasteiger partial charge in [0.25, 0.3) is 0 Å². The van der Waals surface area contributed by atoms with Crippen LogP contribution in [-0.4, -0.2) is 19.3 Å². The number of nitrogen functional groups attached to an aromatic ring is 1. The Morgan fingerprint density at radius 1 is 1.53 bits per heavy atom. The second kappa shape index (κ2) is 4.53. The maximum absolute atomic E-state index is 5.70. The first kappa shape index (κ1) is 10.3. The van der Waals surface area contributed by atoms with Crippen LogP contribution in [0.2, 0.25) is 0 Å². The van der Waals surface area contributed by atoms with E-state index in [1.54, 1.807) is 0 Å². The van der Waals surface area contributed by atoms with E-state index >= 15 is 0 Å². The molecule has 3 heteroatoms. The number of ether oxygens (including phenoxy) is 2. The van der Waals surface area contributed by atoms with Crippen LogP contribution in [0.4, 0.5) is 5.69 Å². The summed E-state index contributed by atoms with van der Waals surface area (Å²) >= 11 is 0. The van der Waals surface area contributed by atoms with Gasteiger partial charge in [-0.3, -0.25) is 0 Å². The van der Waals surface area contributed by atoms with Gasteiger partial charge in [0, 0.05) is 12.3 Å². The molecule has 1 fully saturated rings. The Bertz CT molecular complexity index is 332. The molecule has 0 spiro atoms. The number of benzene rings is 1. The zero-order chi connectivity index (χ0) is 10.7. The summed E-state index contributed by atoms with van der Waals surface area (Å²) in [6, 6.07) is 5.70. The van der Waals surface area contributed by atoms with E-state index in [-0.39, 0.29) is 6.10 Å².